The molecule has 0 aliphatic carbocycles. The van der Waals surface area contributed by atoms with Crippen molar-refractivity contribution in [3.05, 3.63) is 65.7 Å². The third kappa shape index (κ3) is 5.99. The van der Waals surface area contributed by atoms with Gasteiger partial charge in [0.1, 0.15) is 0 Å². The fourth-order valence-electron chi connectivity index (χ4n) is 4.31. The molecule has 0 unspecified atom stereocenters. The molecular weight excluding hydrogens is 457 g/mol. The second kappa shape index (κ2) is 11.1. The van der Waals surface area contributed by atoms with Gasteiger partial charge < -0.3 is 5.11 Å². The Labute approximate surface area is 197 Å². The summed E-state index contributed by atoms with van der Waals surface area (Å²) in [6, 6.07) is 17.4. The molecule has 2 aromatic carbocycles. The van der Waals surface area contributed by atoms with Crippen molar-refractivity contribution in [3.8, 4) is 0 Å². The molecule has 2 aromatic rings. The minimum Gasteiger partial charge on any atom is -0.390 e. The molecular formula is C22H31Cl2N3O3S. The van der Waals surface area contributed by atoms with Gasteiger partial charge in [-0.15, -0.1) is 24.8 Å². The smallest absolute Gasteiger partial charge is 0.243 e. The molecule has 31 heavy (non-hydrogen) atoms. The van der Waals surface area contributed by atoms with Gasteiger partial charge in [0.2, 0.25) is 10.0 Å². The molecule has 0 saturated carbocycles. The molecule has 2 heterocycles. The van der Waals surface area contributed by atoms with Gasteiger partial charge in [-0.3, -0.25) is 9.80 Å². The third-order valence-corrected chi connectivity index (χ3v) is 7.90. The van der Waals surface area contributed by atoms with Gasteiger partial charge >= 0.3 is 0 Å². The highest BCUT2D eigenvalue weighted by Gasteiger charge is 2.38. The summed E-state index contributed by atoms with van der Waals surface area (Å²) in [5.74, 6) is 0. The topological polar surface area (TPSA) is 64.1 Å². The van der Waals surface area contributed by atoms with E-state index in [2.05, 4.69) is 21.9 Å². The van der Waals surface area contributed by atoms with E-state index in [1.165, 1.54) is 5.56 Å². The van der Waals surface area contributed by atoms with Crippen LogP contribution in [0, 0.1) is 6.92 Å². The van der Waals surface area contributed by atoms with Gasteiger partial charge in [-0.1, -0.05) is 48.0 Å². The van der Waals surface area contributed by atoms with Crippen LogP contribution < -0.4 is 0 Å². The zero-order chi connectivity index (χ0) is 20.4. The number of nitrogens with zero attached hydrogens (tertiary/aromatic N) is 3. The number of piperazine rings is 1. The largest absolute Gasteiger partial charge is 0.390 e. The Balaban J connectivity index is 0.00000171. The van der Waals surface area contributed by atoms with Crippen molar-refractivity contribution < 1.29 is 13.5 Å². The van der Waals surface area contributed by atoms with Crippen LogP contribution in [0.2, 0.25) is 0 Å². The zero-order valence-corrected chi connectivity index (χ0v) is 20.1. The first-order valence-electron chi connectivity index (χ1n) is 10.2. The molecule has 2 atom stereocenters. The van der Waals surface area contributed by atoms with Crippen molar-refractivity contribution in [1.82, 2.24) is 14.1 Å². The quantitative estimate of drug-likeness (QED) is 0.701. The van der Waals surface area contributed by atoms with Crippen LogP contribution in [0.1, 0.15) is 11.1 Å². The number of hydrogen-bond acceptors (Lipinski definition) is 5. The van der Waals surface area contributed by atoms with E-state index in [1.54, 1.807) is 16.4 Å². The molecule has 4 rings (SSSR count). The van der Waals surface area contributed by atoms with E-state index in [1.807, 2.05) is 37.3 Å². The predicted octanol–water partition coefficient (Wildman–Crippen LogP) is 2.39. The van der Waals surface area contributed by atoms with Crippen LogP contribution in [0.15, 0.2) is 59.5 Å². The molecule has 2 fully saturated rings. The minimum atomic E-state index is -3.46. The summed E-state index contributed by atoms with van der Waals surface area (Å²) in [7, 11) is -3.46. The maximum atomic E-state index is 12.9. The molecule has 0 spiro atoms. The first-order chi connectivity index (χ1) is 13.9. The Bertz CT molecular complexity index is 921. The average molecular weight is 488 g/mol. The zero-order valence-electron chi connectivity index (χ0n) is 17.6. The SMILES string of the molecule is Cc1ccc(S(=O)(=O)N2CCN([C@H]3CN(Cc4ccccc4)C[C@@H]3O)CC2)cc1.Cl.Cl. The summed E-state index contributed by atoms with van der Waals surface area (Å²) in [6.07, 6.45) is -0.404. The molecule has 0 amide bonds. The molecule has 2 aliphatic heterocycles. The van der Waals surface area contributed by atoms with E-state index < -0.39 is 16.1 Å². The van der Waals surface area contributed by atoms with E-state index in [9.17, 15) is 13.5 Å². The van der Waals surface area contributed by atoms with Gasteiger partial charge in [0.25, 0.3) is 0 Å². The van der Waals surface area contributed by atoms with Gasteiger partial charge in [0.05, 0.1) is 11.0 Å². The van der Waals surface area contributed by atoms with Gasteiger partial charge in [-0.2, -0.15) is 4.31 Å². The number of aliphatic hydroxyl groups excluding tert-OH is 1. The van der Waals surface area contributed by atoms with Crippen LogP contribution >= 0.6 is 24.8 Å². The lowest BCUT2D eigenvalue weighted by Crippen LogP contribution is -2.54. The second-order valence-electron chi connectivity index (χ2n) is 8.07. The number of rotatable bonds is 5. The van der Waals surface area contributed by atoms with Crippen molar-refractivity contribution in [3.63, 3.8) is 0 Å². The summed E-state index contributed by atoms with van der Waals surface area (Å²) < 4.78 is 27.4. The van der Waals surface area contributed by atoms with Crippen LogP contribution in [0.4, 0.5) is 0 Å². The Morgan fingerprint density at radius 1 is 0.903 bits per heavy atom. The highest BCUT2D eigenvalue weighted by atomic mass is 35.5. The van der Waals surface area contributed by atoms with Crippen LogP contribution in [0.5, 0.6) is 0 Å². The van der Waals surface area contributed by atoms with Crippen LogP contribution in [-0.4, -0.2) is 79.0 Å². The summed E-state index contributed by atoms with van der Waals surface area (Å²) in [5, 5.41) is 10.6. The Morgan fingerprint density at radius 2 is 1.52 bits per heavy atom. The predicted molar refractivity (Wildman–Crippen MR) is 128 cm³/mol. The Morgan fingerprint density at radius 3 is 2.13 bits per heavy atom. The van der Waals surface area contributed by atoms with Crippen molar-refractivity contribution >= 4 is 34.8 Å². The normalized spacial score (nSPS) is 23.2. The van der Waals surface area contributed by atoms with Crippen molar-refractivity contribution in [2.45, 2.75) is 30.5 Å². The molecule has 6 nitrogen and oxygen atoms in total. The lowest BCUT2D eigenvalue weighted by atomic mass is 10.1. The summed E-state index contributed by atoms with van der Waals surface area (Å²) in [5.41, 5.74) is 2.29. The van der Waals surface area contributed by atoms with E-state index in [-0.39, 0.29) is 30.9 Å². The van der Waals surface area contributed by atoms with E-state index in [0.29, 0.717) is 37.6 Å². The average Bonchev–Trinajstić information content (AvgIpc) is 3.09. The van der Waals surface area contributed by atoms with Gasteiger partial charge in [-0.05, 0) is 24.6 Å². The molecule has 0 radical (unpaired) electrons. The van der Waals surface area contributed by atoms with Gasteiger partial charge in [-0.25, -0.2) is 8.42 Å². The number of sulfonamides is 1. The van der Waals surface area contributed by atoms with Crippen LogP contribution in [0.3, 0.4) is 0 Å². The standard InChI is InChI=1S/C22H29N3O3S.2ClH/c1-18-7-9-20(10-8-18)29(27,28)25-13-11-24(12-14-25)21-16-23(17-22(21)26)15-19-5-3-2-4-6-19;;/h2-10,21-22,26H,11-17H2,1H3;2*1H/t21-,22-;;/m0../s1. The van der Waals surface area contributed by atoms with Crippen LogP contribution in [-0.2, 0) is 16.6 Å². The number of benzene rings is 2. The first-order valence-corrected chi connectivity index (χ1v) is 11.6. The monoisotopic (exact) mass is 487 g/mol. The number of halogens is 2. The minimum absolute atomic E-state index is 0. The molecule has 172 valence electrons. The number of aryl methyl sites for hydroxylation is 1. The lowest BCUT2D eigenvalue weighted by molar-refractivity contribution is 0.0618. The number of likely N-dealkylation sites (tertiary alicyclic amines) is 1. The summed E-state index contributed by atoms with van der Waals surface area (Å²) >= 11 is 0. The van der Waals surface area contributed by atoms with Gasteiger partial charge in [0.15, 0.2) is 0 Å². The summed E-state index contributed by atoms with van der Waals surface area (Å²) in [4.78, 5) is 4.88. The second-order valence-corrected chi connectivity index (χ2v) is 10.0. The molecule has 0 bridgehead atoms. The van der Waals surface area contributed by atoms with Crippen molar-refractivity contribution in [2.24, 2.45) is 0 Å². The van der Waals surface area contributed by atoms with E-state index >= 15 is 0 Å². The molecule has 1 N–H and O–H groups in total. The van der Waals surface area contributed by atoms with Crippen molar-refractivity contribution in [2.75, 3.05) is 39.3 Å². The Kier molecular flexibility index (Phi) is 9.33. The maximum Gasteiger partial charge on any atom is 0.243 e. The van der Waals surface area contributed by atoms with Crippen molar-refractivity contribution in [1.29, 1.82) is 0 Å². The Hall–Kier alpha value is -1.19. The number of hydrogen-bond donors (Lipinski definition) is 1. The molecule has 9 heteroatoms. The molecule has 0 aromatic heterocycles. The first kappa shape index (κ1) is 26.1. The highest BCUT2D eigenvalue weighted by Crippen LogP contribution is 2.23. The highest BCUT2D eigenvalue weighted by molar-refractivity contribution is 7.89. The molecule has 2 aliphatic rings. The third-order valence-electron chi connectivity index (χ3n) is 5.98. The maximum absolute atomic E-state index is 12.9. The van der Waals surface area contributed by atoms with Gasteiger partial charge in [0, 0.05) is 51.9 Å². The fraction of sp³-hybridized carbons (Fsp3) is 0.455. The summed E-state index contributed by atoms with van der Waals surface area (Å²) in [6.45, 7) is 6.44. The number of β-amino-alcohol motifs (C(OH)–C–C–N with tert-alkyl or cyclic N) is 1. The van der Waals surface area contributed by atoms with E-state index in [4.69, 9.17) is 0 Å². The number of aliphatic hydroxyl groups is 1. The van der Waals surface area contributed by atoms with E-state index in [0.717, 1.165) is 18.7 Å². The van der Waals surface area contributed by atoms with Crippen LogP contribution in [0.25, 0.3) is 0 Å². The lowest BCUT2D eigenvalue weighted by Gasteiger charge is -2.38. The molecule has 2 saturated heterocycles. The fourth-order valence-corrected chi connectivity index (χ4v) is 5.73.